The van der Waals surface area contributed by atoms with Gasteiger partial charge >= 0.3 is 0 Å². The second kappa shape index (κ2) is 3.69. The predicted molar refractivity (Wildman–Crippen MR) is 58.3 cm³/mol. The van der Waals surface area contributed by atoms with E-state index in [-0.39, 0.29) is 5.78 Å². The van der Waals surface area contributed by atoms with E-state index in [2.05, 4.69) is 5.10 Å². The molecule has 0 saturated heterocycles. The number of benzene rings is 1. The highest BCUT2D eigenvalue weighted by Crippen LogP contribution is 2.12. The van der Waals surface area contributed by atoms with Gasteiger partial charge in [0, 0.05) is 17.5 Å². The number of ketones is 1. The zero-order valence-electron chi connectivity index (χ0n) is 8.77. The normalized spacial score (nSPS) is 10.3. The Labute approximate surface area is 88.4 Å². The van der Waals surface area contributed by atoms with Crippen LogP contribution >= 0.6 is 0 Å². The number of hydrogen-bond donors (Lipinski definition) is 0. The molecular formula is C12H12N2O. The van der Waals surface area contributed by atoms with E-state index in [1.165, 1.54) is 0 Å². The van der Waals surface area contributed by atoms with Gasteiger partial charge in [-0.25, -0.2) is 4.68 Å². The molecule has 0 aliphatic rings. The minimum atomic E-state index is 0.0710. The summed E-state index contributed by atoms with van der Waals surface area (Å²) in [7, 11) is 0. The maximum atomic E-state index is 11.2. The predicted octanol–water partition coefficient (Wildman–Crippen LogP) is 2.38. The molecular weight excluding hydrogens is 188 g/mol. The molecule has 2 rings (SSSR count). The van der Waals surface area contributed by atoms with E-state index in [0.717, 1.165) is 11.4 Å². The van der Waals surface area contributed by atoms with Gasteiger partial charge in [0.1, 0.15) is 0 Å². The minimum absolute atomic E-state index is 0.0710. The van der Waals surface area contributed by atoms with Crippen molar-refractivity contribution < 1.29 is 4.79 Å². The number of hydrogen-bond acceptors (Lipinski definition) is 2. The lowest BCUT2D eigenvalue weighted by Gasteiger charge is -2.05. The Hall–Kier alpha value is -1.90. The fourth-order valence-corrected chi connectivity index (χ4v) is 1.50. The molecule has 0 aliphatic heterocycles. The third kappa shape index (κ3) is 1.81. The summed E-state index contributed by atoms with van der Waals surface area (Å²) >= 11 is 0. The topological polar surface area (TPSA) is 34.9 Å². The van der Waals surface area contributed by atoms with Gasteiger partial charge < -0.3 is 0 Å². The van der Waals surface area contributed by atoms with E-state index in [4.69, 9.17) is 0 Å². The van der Waals surface area contributed by atoms with Crippen LogP contribution in [0.1, 0.15) is 23.0 Å². The monoisotopic (exact) mass is 200 g/mol. The van der Waals surface area contributed by atoms with Crippen molar-refractivity contribution in [3.8, 4) is 5.69 Å². The fourth-order valence-electron chi connectivity index (χ4n) is 1.50. The summed E-state index contributed by atoms with van der Waals surface area (Å²) < 4.78 is 1.81. The Morgan fingerprint density at radius 2 is 2.13 bits per heavy atom. The third-order valence-corrected chi connectivity index (χ3v) is 2.33. The first-order chi connectivity index (χ1) is 7.18. The number of aromatic nitrogens is 2. The van der Waals surface area contributed by atoms with Gasteiger partial charge in [-0.2, -0.15) is 5.10 Å². The summed E-state index contributed by atoms with van der Waals surface area (Å²) in [5.41, 5.74) is 2.68. The second-order valence-electron chi connectivity index (χ2n) is 3.49. The van der Waals surface area contributed by atoms with Gasteiger partial charge in [-0.15, -0.1) is 0 Å². The molecule has 0 aliphatic carbocycles. The number of Topliss-reactive ketones (excluding diaryl/α,β-unsaturated/α-hetero) is 1. The molecule has 0 unspecified atom stereocenters. The van der Waals surface area contributed by atoms with Crippen LogP contribution in [0.5, 0.6) is 0 Å². The maximum Gasteiger partial charge on any atom is 0.159 e. The number of rotatable bonds is 2. The molecule has 0 spiro atoms. The van der Waals surface area contributed by atoms with Crippen molar-refractivity contribution in [1.82, 2.24) is 9.78 Å². The Kier molecular flexibility index (Phi) is 2.37. The summed E-state index contributed by atoms with van der Waals surface area (Å²) in [6.45, 7) is 3.54. The first-order valence-electron chi connectivity index (χ1n) is 4.80. The largest absolute Gasteiger partial charge is 0.295 e. The van der Waals surface area contributed by atoms with Crippen LogP contribution in [0.15, 0.2) is 36.5 Å². The molecule has 3 nitrogen and oxygen atoms in total. The van der Waals surface area contributed by atoms with Crippen LogP contribution in [0.2, 0.25) is 0 Å². The highest BCUT2D eigenvalue weighted by atomic mass is 16.1. The van der Waals surface area contributed by atoms with Gasteiger partial charge in [-0.05, 0) is 32.0 Å². The van der Waals surface area contributed by atoms with Gasteiger partial charge in [-0.1, -0.05) is 12.1 Å². The number of nitrogens with zero attached hydrogens (tertiary/aromatic N) is 2. The van der Waals surface area contributed by atoms with Gasteiger partial charge in [-0.3, -0.25) is 4.79 Å². The molecule has 1 heterocycles. The zero-order chi connectivity index (χ0) is 10.8. The van der Waals surface area contributed by atoms with Crippen molar-refractivity contribution in [2.45, 2.75) is 13.8 Å². The molecule has 15 heavy (non-hydrogen) atoms. The second-order valence-corrected chi connectivity index (χ2v) is 3.49. The van der Waals surface area contributed by atoms with Gasteiger partial charge in [0.05, 0.1) is 5.69 Å². The molecule has 1 aromatic heterocycles. The van der Waals surface area contributed by atoms with Gasteiger partial charge in [0.2, 0.25) is 0 Å². The lowest BCUT2D eigenvalue weighted by Crippen LogP contribution is -2.00. The van der Waals surface area contributed by atoms with Crippen molar-refractivity contribution >= 4 is 5.78 Å². The highest BCUT2D eigenvalue weighted by Gasteiger charge is 2.03. The molecule has 76 valence electrons. The van der Waals surface area contributed by atoms with Gasteiger partial charge in [0.15, 0.2) is 5.78 Å². The fraction of sp³-hybridized carbons (Fsp3) is 0.167. The van der Waals surface area contributed by atoms with E-state index < -0.39 is 0 Å². The molecule has 0 radical (unpaired) electrons. The van der Waals surface area contributed by atoms with E-state index in [1.807, 2.05) is 41.9 Å². The third-order valence-electron chi connectivity index (χ3n) is 2.33. The van der Waals surface area contributed by atoms with E-state index in [1.54, 1.807) is 13.1 Å². The van der Waals surface area contributed by atoms with Crippen molar-refractivity contribution in [2.24, 2.45) is 0 Å². The summed E-state index contributed by atoms with van der Waals surface area (Å²) in [6.07, 6.45) is 1.75. The molecule has 0 N–H and O–H groups in total. The molecule has 0 fully saturated rings. The molecule has 0 saturated carbocycles. The van der Waals surface area contributed by atoms with Gasteiger partial charge in [0.25, 0.3) is 0 Å². The molecule has 1 aromatic carbocycles. The summed E-state index contributed by atoms with van der Waals surface area (Å²) in [6, 6.07) is 9.40. The van der Waals surface area contributed by atoms with E-state index in [0.29, 0.717) is 5.56 Å². The Balaban J connectivity index is 2.50. The summed E-state index contributed by atoms with van der Waals surface area (Å²) in [5, 5.41) is 4.19. The number of carbonyl (C=O) groups excluding carboxylic acids is 1. The first-order valence-corrected chi connectivity index (χ1v) is 4.80. The van der Waals surface area contributed by atoms with E-state index >= 15 is 0 Å². The van der Waals surface area contributed by atoms with Crippen molar-refractivity contribution in [1.29, 1.82) is 0 Å². The van der Waals surface area contributed by atoms with Crippen LogP contribution in [0, 0.1) is 6.92 Å². The lowest BCUT2D eigenvalue weighted by molar-refractivity contribution is 0.101. The minimum Gasteiger partial charge on any atom is -0.295 e. The smallest absolute Gasteiger partial charge is 0.159 e. The number of aryl methyl sites for hydroxylation is 1. The molecule has 0 atom stereocenters. The Morgan fingerprint density at radius 3 is 2.73 bits per heavy atom. The molecule has 0 amide bonds. The van der Waals surface area contributed by atoms with Crippen LogP contribution in [0.25, 0.3) is 5.69 Å². The standard InChI is InChI=1S/C12H12N2O/c1-9-6-7-13-14(9)12-5-3-4-11(8-12)10(2)15/h3-8H,1-2H3. The zero-order valence-corrected chi connectivity index (χ0v) is 8.77. The lowest BCUT2D eigenvalue weighted by atomic mass is 10.1. The highest BCUT2D eigenvalue weighted by molar-refractivity contribution is 5.94. The molecule has 2 aromatic rings. The number of carbonyl (C=O) groups is 1. The SMILES string of the molecule is CC(=O)c1cccc(-n2nccc2C)c1. The summed E-state index contributed by atoms with van der Waals surface area (Å²) in [5.74, 6) is 0.0710. The maximum absolute atomic E-state index is 11.2. The molecule has 0 bridgehead atoms. The Bertz CT molecular complexity index is 500. The van der Waals surface area contributed by atoms with Crippen molar-refractivity contribution in [2.75, 3.05) is 0 Å². The van der Waals surface area contributed by atoms with Crippen molar-refractivity contribution in [3.05, 3.63) is 47.8 Å². The van der Waals surface area contributed by atoms with Crippen LogP contribution < -0.4 is 0 Å². The van der Waals surface area contributed by atoms with Crippen LogP contribution in [0.3, 0.4) is 0 Å². The molecule has 3 heteroatoms. The van der Waals surface area contributed by atoms with E-state index in [9.17, 15) is 4.79 Å². The average molecular weight is 200 g/mol. The van der Waals surface area contributed by atoms with Crippen LogP contribution in [-0.2, 0) is 0 Å². The summed E-state index contributed by atoms with van der Waals surface area (Å²) in [4.78, 5) is 11.2. The Morgan fingerprint density at radius 1 is 1.33 bits per heavy atom. The van der Waals surface area contributed by atoms with Crippen LogP contribution in [-0.4, -0.2) is 15.6 Å². The first kappa shape index (κ1) is 9.65. The average Bonchev–Trinajstić information content (AvgIpc) is 2.64. The van der Waals surface area contributed by atoms with Crippen molar-refractivity contribution in [3.63, 3.8) is 0 Å². The quantitative estimate of drug-likeness (QED) is 0.697. The van der Waals surface area contributed by atoms with Crippen LogP contribution in [0.4, 0.5) is 0 Å².